The van der Waals surface area contributed by atoms with Gasteiger partial charge in [0.25, 0.3) is 0 Å². The molecule has 21 heavy (non-hydrogen) atoms. The van der Waals surface area contributed by atoms with E-state index < -0.39 is 11.9 Å². The largest absolute Gasteiger partial charge is 0.481 e. The Labute approximate surface area is 132 Å². The van der Waals surface area contributed by atoms with E-state index in [1.54, 1.807) is 0 Å². The van der Waals surface area contributed by atoms with Gasteiger partial charge in [0, 0.05) is 16.4 Å². The molecule has 3 rings (SSSR count). The van der Waals surface area contributed by atoms with E-state index in [4.69, 9.17) is 5.11 Å². The van der Waals surface area contributed by atoms with Crippen LogP contribution >= 0.6 is 15.9 Å². The molecule has 2 saturated carbocycles. The average Bonchev–Trinajstić information content (AvgIpc) is 3.17. The third-order valence-corrected chi connectivity index (χ3v) is 5.29. The molecule has 1 aromatic rings. The summed E-state index contributed by atoms with van der Waals surface area (Å²) in [6, 6.07) is 8.23. The van der Waals surface area contributed by atoms with Crippen molar-refractivity contribution >= 4 is 27.8 Å². The third-order valence-electron chi connectivity index (χ3n) is 4.79. The van der Waals surface area contributed by atoms with Gasteiger partial charge < -0.3 is 10.4 Å². The molecule has 0 bridgehead atoms. The molecule has 0 saturated heterocycles. The minimum Gasteiger partial charge on any atom is -0.481 e. The average molecular weight is 352 g/mol. The number of amides is 1. The minimum atomic E-state index is -0.861. The Morgan fingerprint density at radius 1 is 1.33 bits per heavy atom. The van der Waals surface area contributed by atoms with Gasteiger partial charge in [-0.1, -0.05) is 34.5 Å². The highest BCUT2D eigenvalue weighted by atomic mass is 79.9. The molecule has 2 aliphatic rings. The van der Waals surface area contributed by atoms with Crippen LogP contribution in [0.15, 0.2) is 28.7 Å². The number of carboxylic acids is 1. The van der Waals surface area contributed by atoms with Gasteiger partial charge in [0.15, 0.2) is 0 Å². The Balaban J connectivity index is 1.63. The van der Waals surface area contributed by atoms with Crippen LogP contribution < -0.4 is 5.32 Å². The Morgan fingerprint density at radius 3 is 2.62 bits per heavy atom. The Bertz CT molecular complexity index is 583. The summed E-state index contributed by atoms with van der Waals surface area (Å²) in [5.74, 6) is -1.78. The Morgan fingerprint density at radius 2 is 2.10 bits per heavy atom. The van der Waals surface area contributed by atoms with Gasteiger partial charge in [-0.3, -0.25) is 9.59 Å². The summed E-state index contributed by atoms with van der Waals surface area (Å²) in [5, 5.41) is 11.9. The zero-order valence-corrected chi connectivity index (χ0v) is 13.2. The fourth-order valence-corrected chi connectivity index (χ4v) is 3.53. The first-order chi connectivity index (χ1) is 10.0. The first kappa shape index (κ1) is 14.6. The standard InChI is InChI=1S/C16H18BrNO3/c17-11-4-1-3-10(7-11)16(5-2-6-16)9-18-14(19)12-8-13(12)15(20)21/h1,3-4,7,12-13H,2,5-6,8-9H2,(H,18,19)(H,20,21). The molecule has 0 aromatic heterocycles. The number of carbonyl (C=O) groups is 2. The lowest BCUT2D eigenvalue weighted by Crippen LogP contribution is -2.46. The Kier molecular flexibility index (Phi) is 3.78. The highest BCUT2D eigenvalue weighted by Gasteiger charge is 2.49. The second kappa shape index (κ2) is 5.44. The second-order valence-corrected chi connectivity index (χ2v) is 7.06. The van der Waals surface area contributed by atoms with Crippen LogP contribution in [0, 0.1) is 11.8 Å². The zero-order valence-electron chi connectivity index (χ0n) is 11.6. The second-order valence-electron chi connectivity index (χ2n) is 6.15. The van der Waals surface area contributed by atoms with Crippen LogP contribution in [0.3, 0.4) is 0 Å². The molecule has 0 aliphatic heterocycles. The predicted molar refractivity (Wildman–Crippen MR) is 81.9 cm³/mol. The Hall–Kier alpha value is -1.36. The van der Waals surface area contributed by atoms with Crippen molar-refractivity contribution in [1.82, 2.24) is 5.32 Å². The number of nitrogens with one attached hydrogen (secondary N) is 1. The first-order valence-electron chi connectivity index (χ1n) is 7.28. The number of carbonyl (C=O) groups excluding carboxylic acids is 1. The maximum absolute atomic E-state index is 12.0. The molecule has 5 heteroatoms. The summed E-state index contributed by atoms with van der Waals surface area (Å²) in [6.07, 6.45) is 3.78. The highest BCUT2D eigenvalue weighted by molar-refractivity contribution is 9.10. The molecule has 0 heterocycles. The lowest BCUT2D eigenvalue weighted by molar-refractivity contribution is -0.140. The van der Waals surface area contributed by atoms with Crippen LogP contribution in [0.5, 0.6) is 0 Å². The van der Waals surface area contributed by atoms with Gasteiger partial charge >= 0.3 is 5.97 Å². The van der Waals surface area contributed by atoms with Crippen LogP contribution in [0.4, 0.5) is 0 Å². The fourth-order valence-electron chi connectivity index (χ4n) is 3.13. The fraction of sp³-hybridized carbons (Fsp3) is 0.500. The maximum atomic E-state index is 12.0. The molecule has 0 radical (unpaired) electrons. The third kappa shape index (κ3) is 2.84. The van der Waals surface area contributed by atoms with Crippen LogP contribution in [0.2, 0.25) is 0 Å². The smallest absolute Gasteiger partial charge is 0.307 e. The predicted octanol–water partition coefficient (Wildman–Crippen LogP) is 2.71. The highest BCUT2D eigenvalue weighted by Crippen LogP contribution is 2.44. The lowest BCUT2D eigenvalue weighted by atomic mass is 9.64. The van der Waals surface area contributed by atoms with Gasteiger partial charge in [-0.05, 0) is 37.0 Å². The number of hydrogen-bond donors (Lipinski definition) is 2. The topological polar surface area (TPSA) is 66.4 Å². The van der Waals surface area contributed by atoms with Crippen LogP contribution in [-0.4, -0.2) is 23.5 Å². The van der Waals surface area contributed by atoms with Gasteiger partial charge in [0.1, 0.15) is 0 Å². The molecule has 1 amide bonds. The molecule has 2 fully saturated rings. The summed E-state index contributed by atoms with van der Waals surface area (Å²) in [5.41, 5.74) is 1.27. The quantitative estimate of drug-likeness (QED) is 0.856. The van der Waals surface area contributed by atoms with Gasteiger partial charge in [0.2, 0.25) is 5.91 Å². The summed E-state index contributed by atoms with van der Waals surface area (Å²) in [6.45, 7) is 0.602. The molecular weight excluding hydrogens is 334 g/mol. The first-order valence-corrected chi connectivity index (χ1v) is 8.08. The van der Waals surface area contributed by atoms with Crippen LogP contribution in [-0.2, 0) is 15.0 Å². The van der Waals surface area contributed by atoms with E-state index in [1.165, 1.54) is 12.0 Å². The molecular formula is C16H18BrNO3. The van der Waals surface area contributed by atoms with Crippen LogP contribution in [0.1, 0.15) is 31.2 Å². The minimum absolute atomic E-state index is 0.0209. The van der Waals surface area contributed by atoms with Crippen molar-refractivity contribution in [1.29, 1.82) is 0 Å². The SMILES string of the molecule is O=C(O)C1CC1C(=O)NCC1(c2cccc(Br)c2)CCC1. The van der Waals surface area contributed by atoms with E-state index in [9.17, 15) is 9.59 Å². The molecule has 0 spiro atoms. The monoisotopic (exact) mass is 351 g/mol. The van der Waals surface area contributed by atoms with Crippen molar-refractivity contribution in [2.45, 2.75) is 31.1 Å². The number of halogens is 1. The van der Waals surface area contributed by atoms with Gasteiger partial charge in [-0.25, -0.2) is 0 Å². The molecule has 2 aliphatic carbocycles. The summed E-state index contributed by atoms with van der Waals surface area (Å²) >= 11 is 3.49. The van der Waals surface area contributed by atoms with Crippen molar-refractivity contribution in [3.05, 3.63) is 34.3 Å². The summed E-state index contributed by atoms with van der Waals surface area (Å²) in [7, 11) is 0. The number of carboxylic acid groups (broad SMARTS) is 1. The number of benzene rings is 1. The number of rotatable bonds is 5. The van der Waals surface area contributed by atoms with Gasteiger partial charge in [-0.2, -0.15) is 0 Å². The molecule has 2 unspecified atom stereocenters. The summed E-state index contributed by atoms with van der Waals surface area (Å²) < 4.78 is 1.05. The van der Waals surface area contributed by atoms with Gasteiger partial charge in [-0.15, -0.1) is 0 Å². The van der Waals surface area contributed by atoms with Crippen molar-refractivity contribution < 1.29 is 14.7 Å². The molecule has 112 valence electrons. The van der Waals surface area contributed by atoms with Crippen molar-refractivity contribution in [3.63, 3.8) is 0 Å². The molecule has 2 N–H and O–H groups in total. The van der Waals surface area contributed by atoms with E-state index in [2.05, 4.69) is 33.4 Å². The lowest BCUT2D eigenvalue weighted by Gasteiger charge is -2.42. The van der Waals surface area contributed by atoms with Crippen molar-refractivity contribution in [3.8, 4) is 0 Å². The number of hydrogen-bond acceptors (Lipinski definition) is 2. The van der Waals surface area contributed by atoms with E-state index in [1.807, 2.05) is 12.1 Å². The van der Waals surface area contributed by atoms with E-state index in [0.29, 0.717) is 13.0 Å². The van der Waals surface area contributed by atoms with E-state index in [0.717, 1.165) is 17.3 Å². The normalized spacial score (nSPS) is 25.8. The van der Waals surface area contributed by atoms with E-state index in [-0.39, 0.29) is 17.2 Å². The van der Waals surface area contributed by atoms with Crippen molar-refractivity contribution in [2.24, 2.45) is 11.8 Å². The molecule has 4 nitrogen and oxygen atoms in total. The van der Waals surface area contributed by atoms with E-state index >= 15 is 0 Å². The zero-order chi connectivity index (χ0) is 15.0. The maximum Gasteiger partial charge on any atom is 0.307 e. The van der Waals surface area contributed by atoms with Crippen LogP contribution in [0.25, 0.3) is 0 Å². The van der Waals surface area contributed by atoms with Gasteiger partial charge in [0.05, 0.1) is 11.8 Å². The summed E-state index contributed by atoms with van der Waals surface area (Å²) in [4.78, 5) is 22.8. The molecule has 1 aromatic carbocycles. The molecule has 2 atom stereocenters. The number of aliphatic carboxylic acids is 1. The van der Waals surface area contributed by atoms with Crippen molar-refractivity contribution in [2.75, 3.05) is 6.54 Å².